The predicted octanol–water partition coefficient (Wildman–Crippen LogP) is 1.98. The molecule has 0 aromatic heterocycles. The molecule has 0 heterocycles. The Morgan fingerprint density at radius 3 is 2.39 bits per heavy atom. The van der Waals surface area contributed by atoms with Crippen LogP contribution in [0.4, 0.5) is 0 Å². The molecule has 1 aromatic carbocycles. The lowest BCUT2D eigenvalue weighted by Crippen LogP contribution is -2.19. The van der Waals surface area contributed by atoms with Gasteiger partial charge in [0.15, 0.2) is 0 Å². The van der Waals surface area contributed by atoms with Gasteiger partial charge >= 0.3 is 5.97 Å². The van der Waals surface area contributed by atoms with E-state index < -0.39 is 5.97 Å². The highest BCUT2D eigenvalue weighted by Crippen LogP contribution is 2.07. The normalized spacial score (nSPS) is 10.8. The zero-order chi connectivity index (χ0) is 13.4. The quantitative estimate of drug-likeness (QED) is 0.694. The van der Waals surface area contributed by atoms with Crippen LogP contribution < -0.4 is 0 Å². The van der Waals surface area contributed by atoms with Crippen LogP contribution in [0.2, 0.25) is 0 Å². The van der Waals surface area contributed by atoms with Gasteiger partial charge in [0.05, 0.1) is 5.56 Å². The van der Waals surface area contributed by atoms with Gasteiger partial charge in [-0.3, -0.25) is 0 Å². The molecule has 0 aliphatic heterocycles. The number of benzene rings is 1. The minimum absolute atomic E-state index is 0.264. The molecule has 0 spiro atoms. The van der Waals surface area contributed by atoms with E-state index in [1.54, 1.807) is 12.1 Å². The van der Waals surface area contributed by atoms with Crippen molar-refractivity contribution in [2.75, 3.05) is 20.2 Å². The standard InChI is InChI=1S/C14H21NO3/c1-15(9-3-2-4-10-16)11-12-5-7-13(8-6-12)14(17)18/h5-8,16H,2-4,9-11H2,1H3,(H,17,18). The minimum atomic E-state index is -0.890. The molecule has 0 saturated carbocycles. The van der Waals surface area contributed by atoms with Crippen molar-refractivity contribution in [2.24, 2.45) is 0 Å². The van der Waals surface area contributed by atoms with Crippen LogP contribution in [0.15, 0.2) is 24.3 Å². The van der Waals surface area contributed by atoms with E-state index in [-0.39, 0.29) is 6.61 Å². The number of unbranched alkanes of at least 4 members (excludes halogenated alkanes) is 2. The SMILES string of the molecule is CN(CCCCCO)Cc1ccc(C(=O)O)cc1. The van der Waals surface area contributed by atoms with Crippen molar-refractivity contribution in [1.82, 2.24) is 4.90 Å². The molecule has 0 amide bonds. The molecule has 0 unspecified atom stereocenters. The molecular formula is C14H21NO3. The molecule has 0 atom stereocenters. The minimum Gasteiger partial charge on any atom is -0.478 e. The first-order chi connectivity index (χ1) is 8.63. The largest absolute Gasteiger partial charge is 0.478 e. The maximum absolute atomic E-state index is 10.7. The fourth-order valence-corrected chi connectivity index (χ4v) is 1.81. The van der Waals surface area contributed by atoms with E-state index in [0.29, 0.717) is 5.56 Å². The van der Waals surface area contributed by atoms with E-state index in [2.05, 4.69) is 4.90 Å². The van der Waals surface area contributed by atoms with Crippen molar-refractivity contribution in [2.45, 2.75) is 25.8 Å². The van der Waals surface area contributed by atoms with Crippen LogP contribution in [0.3, 0.4) is 0 Å². The fourth-order valence-electron chi connectivity index (χ4n) is 1.81. The average molecular weight is 251 g/mol. The summed E-state index contributed by atoms with van der Waals surface area (Å²) in [5.74, 6) is -0.890. The van der Waals surface area contributed by atoms with Gasteiger partial charge in [-0.2, -0.15) is 0 Å². The van der Waals surface area contributed by atoms with Crippen LogP contribution in [0.5, 0.6) is 0 Å². The summed E-state index contributed by atoms with van der Waals surface area (Å²) in [7, 11) is 2.05. The fraction of sp³-hybridized carbons (Fsp3) is 0.500. The third-order valence-electron chi connectivity index (χ3n) is 2.85. The molecule has 1 aromatic rings. The van der Waals surface area contributed by atoms with Gasteiger partial charge < -0.3 is 15.1 Å². The number of aliphatic hydroxyl groups is 1. The Hall–Kier alpha value is -1.39. The molecule has 2 N–H and O–H groups in total. The Bertz CT molecular complexity index is 362. The van der Waals surface area contributed by atoms with Crippen molar-refractivity contribution in [1.29, 1.82) is 0 Å². The second-order valence-corrected chi connectivity index (χ2v) is 4.52. The number of hydrogen-bond acceptors (Lipinski definition) is 3. The highest BCUT2D eigenvalue weighted by atomic mass is 16.4. The molecule has 4 heteroatoms. The lowest BCUT2D eigenvalue weighted by molar-refractivity contribution is 0.0697. The van der Waals surface area contributed by atoms with E-state index in [0.717, 1.165) is 37.9 Å². The van der Waals surface area contributed by atoms with Gasteiger partial charge in [-0.05, 0) is 50.6 Å². The number of hydrogen-bond donors (Lipinski definition) is 2. The molecule has 0 bridgehead atoms. The van der Waals surface area contributed by atoms with Gasteiger partial charge in [-0.15, -0.1) is 0 Å². The summed E-state index contributed by atoms with van der Waals surface area (Å²) in [5, 5.41) is 17.5. The van der Waals surface area contributed by atoms with Crippen molar-refractivity contribution in [3.63, 3.8) is 0 Å². The van der Waals surface area contributed by atoms with Gasteiger partial charge in [-0.1, -0.05) is 12.1 Å². The molecule has 4 nitrogen and oxygen atoms in total. The Kier molecular flexibility index (Phi) is 6.39. The van der Waals surface area contributed by atoms with E-state index >= 15 is 0 Å². The molecule has 18 heavy (non-hydrogen) atoms. The maximum Gasteiger partial charge on any atom is 0.335 e. The van der Waals surface area contributed by atoms with Crippen LogP contribution in [0.25, 0.3) is 0 Å². The molecule has 0 radical (unpaired) electrons. The van der Waals surface area contributed by atoms with Crippen molar-refractivity contribution >= 4 is 5.97 Å². The molecule has 100 valence electrons. The van der Waals surface area contributed by atoms with E-state index in [4.69, 9.17) is 10.2 Å². The predicted molar refractivity (Wildman–Crippen MR) is 70.7 cm³/mol. The van der Waals surface area contributed by atoms with Gasteiger partial charge in [-0.25, -0.2) is 4.79 Å². The van der Waals surface area contributed by atoms with Crippen molar-refractivity contribution in [3.05, 3.63) is 35.4 Å². The zero-order valence-electron chi connectivity index (χ0n) is 10.8. The zero-order valence-corrected chi connectivity index (χ0v) is 10.8. The summed E-state index contributed by atoms with van der Waals surface area (Å²) in [5.41, 5.74) is 1.44. The van der Waals surface area contributed by atoms with Crippen LogP contribution in [0, 0.1) is 0 Å². The second kappa shape index (κ2) is 7.84. The lowest BCUT2D eigenvalue weighted by Gasteiger charge is -2.16. The Balaban J connectivity index is 2.35. The second-order valence-electron chi connectivity index (χ2n) is 4.52. The monoisotopic (exact) mass is 251 g/mol. The number of carbonyl (C=O) groups is 1. The Morgan fingerprint density at radius 1 is 1.17 bits per heavy atom. The number of rotatable bonds is 8. The number of aromatic carboxylic acids is 1. The summed E-state index contributed by atoms with van der Waals surface area (Å²) < 4.78 is 0. The molecule has 0 aliphatic rings. The summed E-state index contributed by atoms with van der Waals surface area (Å²) >= 11 is 0. The molecule has 0 saturated heterocycles. The maximum atomic E-state index is 10.7. The molecule has 1 rings (SSSR count). The number of nitrogens with zero attached hydrogens (tertiary/aromatic N) is 1. The third kappa shape index (κ3) is 5.29. The summed E-state index contributed by atoms with van der Waals surface area (Å²) in [6.07, 6.45) is 2.98. The summed E-state index contributed by atoms with van der Waals surface area (Å²) in [4.78, 5) is 12.9. The molecule has 0 aliphatic carbocycles. The highest BCUT2D eigenvalue weighted by Gasteiger charge is 2.03. The van der Waals surface area contributed by atoms with Crippen molar-refractivity contribution < 1.29 is 15.0 Å². The van der Waals surface area contributed by atoms with Crippen LogP contribution in [-0.4, -0.2) is 41.3 Å². The van der Waals surface area contributed by atoms with Gasteiger partial charge in [0.2, 0.25) is 0 Å². The first-order valence-electron chi connectivity index (χ1n) is 6.25. The van der Waals surface area contributed by atoms with Crippen LogP contribution in [0.1, 0.15) is 35.2 Å². The van der Waals surface area contributed by atoms with E-state index in [9.17, 15) is 4.79 Å². The third-order valence-corrected chi connectivity index (χ3v) is 2.85. The Morgan fingerprint density at radius 2 is 1.83 bits per heavy atom. The van der Waals surface area contributed by atoms with Gasteiger partial charge in [0.1, 0.15) is 0 Å². The van der Waals surface area contributed by atoms with Crippen molar-refractivity contribution in [3.8, 4) is 0 Å². The van der Waals surface area contributed by atoms with Gasteiger partial charge in [0, 0.05) is 13.2 Å². The smallest absolute Gasteiger partial charge is 0.335 e. The topological polar surface area (TPSA) is 60.8 Å². The van der Waals surface area contributed by atoms with E-state index in [1.807, 2.05) is 19.2 Å². The average Bonchev–Trinajstić information content (AvgIpc) is 2.35. The van der Waals surface area contributed by atoms with Gasteiger partial charge in [0.25, 0.3) is 0 Å². The van der Waals surface area contributed by atoms with E-state index in [1.165, 1.54) is 0 Å². The first-order valence-corrected chi connectivity index (χ1v) is 6.25. The summed E-state index contributed by atoms with van der Waals surface area (Å²) in [6.45, 7) is 2.07. The first kappa shape index (κ1) is 14.7. The molecule has 0 fully saturated rings. The highest BCUT2D eigenvalue weighted by molar-refractivity contribution is 5.87. The number of carboxylic acid groups (broad SMARTS) is 1. The van der Waals surface area contributed by atoms with Crippen LogP contribution >= 0.6 is 0 Å². The molecular weight excluding hydrogens is 230 g/mol. The number of carboxylic acids is 1. The van der Waals surface area contributed by atoms with Crippen LogP contribution in [-0.2, 0) is 6.54 Å². The lowest BCUT2D eigenvalue weighted by atomic mass is 10.1. The summed E-state index contributed by atoms with van der Waals surface area (Å²) in [6, 6.07) is 6.98. The Labute approximate surface area is 108 Å². The number of aliphatic hydroxyl groups excluding tert-OH is 1.